The van der Waals surface area contributed by atoms with Crippen LogP contribution in [0.1, 0.15) is 35.4 Å². The third-order valence-electron chi connectivity index (χ3n) is 7.88. The minimum atomic E-state index is -0.359. The van der Waals surface area contributed by atoms with E-state index in [-0.39, 0.29) is 37.2 Å². The van der Waals surface area contributed by atoms with Gasteiger partial charge in [0.25, 0.3) is 5.91 Å². The molecule has 3 aromatic rings. The van der Waals surface area contributed by atoms with Crippen LogP contribution in [0.25, 0.3) is 0 Å². The van der Waals surface area contributed by atoms with Crippen LogP contribution in [0.2, 0.25) is 0 Å². The number of methoxy groups -OCH3 is 1. The van der Waals surface area contributed by atoms with E-state index < -0.39 is 0 Å². The second-order valence-corrected chi connectivity index (χ2v) is 10.9. The molecule has 1 saturated heterocycles. The highest BCUT2D eigenvalue weighted by Crippen LogP contribution is 2.35. The Balaban J connectivity index is 1.30. The summed E-state index contributed by atoms with van der Waals surface area (Å²) in [7, 11) is 1.65. The number of anilines is 1. The molecule has 1 fully saturated rings. The number of hydrogen-bond acceptors (Lipinski definition) is 8. The van der Waals surface area contributed by atoms with Crippen molar-refractivity contribution in [2.24, 2.45) is 5.73 Å². The molecule has 3 aromatic carbocycles. The van der Waals surface area contributed by atoms with Gasteiger partial charge in [-0.05, 0) is 53.8 Å². The number of likely N-dealkylation sites (tertiary alicyclic amines) is 1. The van der Waals surface area contributed by atoms with E-state index in [0.29, 0.717) is 58.2 Å². The van der Waals surface area contributed by atoms with E-state index >= 15 is 0 Å². The zero-order chi connectivity index (χ0) is 30.7. The molecule has 0 bridgehead atoms. The maximum Gasteiger partial charge on any atom is 0.410 e. The standard InChI is InChI=1S/C34H41N3O7/c1-40-18-5-16-37-30-20-26(8-13-31(30)43-24-33(37)38)23-42-32-21-36(34(39)44-22-25-6-3-2-4-7-25)17-14-29(32)27-9-11-28(12-10-27)41-19-15-35/h2-4,6-13,20,29,32H,5,14-19,21-24,35H2,1H3. The Morgan fingerprint density at radius 2 is 1.82 bits per heavy atom. The van der Waals surface area contributed by atoms with Gasteiger partial charge in [-0.2, -0.15) is 0 Å². The van der Waals surface area contributed by atoms with Crippen molar-refractivity contribution in [3.05, 3.63) is 89.5 Å². The number of amides is 2. The molecule has 2 aliphatic rings. The molecule has 0 spiro atoms. The third-order valence-corrected chi connectivity index (χ3v) is 7.88. The van der Waals surface area contributed by atoms with E-state index in [1.54, 1.807) is 16.9 Å². The first-order chi connectivity index (χ1) is 21.6. The van der Waals surface area contributed by atoms with Crippen LogP contribution in [0.3, 0.4) is 0 Å². The van der Waals surface area contributed by atoms with Gasteiger partial charge in [0.2, 0.25) is 0 Å². The largest absolute Gasteiger partial charge is 0.492 e. The van der Waals surface area contributed by atoms with Crippen molar-refractivity contribution >= 4 is 17.7 Å². The number of rotatable bonds is 13. The summed E-state index contributed by atoms with van der Waals surface area (Å²) >= 11 is 0. The van der Waals surface area contributed by atoms with Gasteiger partial charge < -0.3 is 39.2 Å². The van der Waals surface area contributed by atoms with E-state index in [2.05, 4.69) is 12.1 Å². The summed E-state index contributed by atoms with van der Waals surface area (Å²) in [4.78, 5) is 29.2. The lowest BCUT2D eigenvalue weighted by atomic mass is 9.87. The number of ether oxygens (including phenoxy) is 5. The first-order valence-electron chi connectivity index (χ1n) is 15.1. The molecule has 2 atom stereocenters. The fraction of sp³-hybridized carbons (Fsp3) is 0.412. The SMILES string of the molecule is COCCCN1C(=O)COc2ccc(COC3CN(C(=O)OCc4ccccc4)CCC3c3ccc(OCCN)cc3)cc21. The van der Waals surface area contributed by atoms with Gasteiger partial charge in [-0.3, -0.25) is 4.79 Å². The minimum absolute atomic E-state index is 0.0197. The number of benzene rings is 3. The summed E-state index contributed by atoms with van der Waals surface area (Å²) in [6, 6.07) is 23.4. The van der Waals surface area contributed by atoms with Gasteiger partial charge >= 0.3 is 6.09 Å². The molecule has 10 heteroatoms. The van der Waals surface area contributed by atoms with Crippen molar-refractivity contribution in [1.29, 1.82) is 0 Å². The predicted octanol–water partition coefficient (Wildman–Crippen LogP) is 4.50. The molecule has 0 radical (unpaired) electrons. The Morgan fingerprint density at radius 3 is 2.59 bits per heavy atom. The zero-order valence-electron chi connectivity index (χ0n) is 25.2. The quantitative estimate of drug-likeness (QED) is 0.284. The Labute approximate surface area is 258 Å². The average molecular weight is 604 g/mol. The molecule has 234 valence electrons. The molecule has 5 rings (SSSR count). The van der Waals surface area contributed by atoms with Crippen LogP contribution >= 0.6 is 0 Å². The molecule has 2 N–H and O–H groups in total. The van der Waals surface area contributed by atoms with Crippen LogP contribution in [0.5, 0.6) is 11.5 Å². The number of nitrogens with zero attached hydrogens (tertiary/aromatic N) is 2. The summed E-state index contributed by atoms with van der Waals surface area (Å²) in [6.07, 6.45) is 0.796. The monoisotopic (exact) mass is 603 g/mol. The fourth-order valence-electron chi connectivity index (χ4n) is 5.58. The predicted molar refractivity (Wildman–Crippen MR) is 166 cm³/mol. The molecule has 2 aliphatic heterocycles. The molecule has 2 amide bonds. The summed E-state index contributed by atoms with van der Waals surface area (Å²) in [5.74, 6) is 1.41. The van der Waals surface area contributed by atoms with Crippen molar-refractivity contribution in [3.8, 4) is 11.5 Å². The van der Waals surface area contributed by atoms with E-state index in [1.807, 2.05) is 60.7 Å². The molecule has 2 heterocycles. The highest BCUT2D eigenvalue weighted by molar-refractivity contribution is 5.97. The minimum Gasteiger partial charge on any atom is -0.492 e. The first kappa shape index (κ1) is 31.3. The second-order valence-electron chi connectivity index (χ2n) is 10.9. The number of carbonyl (C=O) groups excluding carboxylic acids is 2. The maximum atomic E-state index is 13.1. The molecule has 10 nitrogen and oxygen atoms in total. The van der Waals surface area contributed by atoms with Gasteiger partial charge in [-0.1, -0.05) is 48.5 Å². The van der Waals surface area contributed by atoms with Crippen molar-refractivity contribution in [3.63, 3.8) is 0 Å². The fourth-order valence-corrected chi connectivity index (χ4v) is 5.58. The average Bonchev–Trinajstić information content (AvgIpc) is 3.07. The first-order valence-corrected chi connectivity index (χ1v) is 15.1. The van der Waals surface area contributed by atoms with E-state index in [9.17, 15) is 9.59 Å². The molecular formula is C34H41N3O7. The van der Waals surface area contributed by atoms with Crippen LogP contribution in [-0.4, -0.2) is 76.1 Å². The Morgan fingerprint density at radius 1 is 1.00 bits per heavy atom. The van der Waals surface area contributed by atoms with E-state index in [4.69, 9.17) is 29.4 Å². The van der Waals surface area contributed by atoms with Crippen LogP contribution in [0.15, 0.2) is 72.8 Å². The lowest BCUT2D eigenvalue weighted by Crippen LogP contribution is -2.47. The summed E-state index contributed by atoms with van der Waals surface area (Å²) in [6.45, 7) is 3.49. The van der Waals surface area contributed by atoms with Crippen molar-refractivity contribution in [1.82, 2.24) is 4.90 Å². The van der Waals surface area contributed by atoms with Gasteiger partial charge in [-0.15, -0.1) is 0 Å². The second kappa shape index (κ2) is 15.6. The summed E-state index contributed by atoms with van der Waals surface area (Å²) in [5.41, 5.74) is 9.27. The molecular weight excluding hydrogens is 562 g/mol. The number of fused-ring (bicyclic) bond motifs is 1. The molecule has 44 heavy (non-hydrogen) atoms. The molecule has 0 saturated carbocycles. The highest BCUT2D eigenvalue weighted by Gasteiger charge is 2.34. The zero-order valence-corrected chi connectivity index (χ0v) is 25.2. The third kappa shape index (κ3) is 8.07. The van der Waals surface area contributed by atoms with E-state index in [1.165, 1.54) is 0 Å². The van der Waals surface area contributed by atoms with Crippen LogP contribution < -0.4 is 20.1 Å². The lowest BCUT2D eigenvalue weighted by molar-refractivity contribution is -0.121. The maximum absolute atomic E-state index is 13.1. The van der Waals surface area contributed by atoms with Gasteiger partial charge in [0.15, 0.2) is 6.61 Å². The lowest BCUT2D eigenvalue weighted by Gasteiger charge is -2.38. The highest BCUT2D eigenvalue weighted by atomic mass is 16.6. The van der Waals surface area contributed by atoms with E-state index in [0.717, 1.165) is 34.5 Å². The Hall–Kier alpha value is -4.12. The summed E-state index contributed by atoms with van der Waals surface area (Å²) in [5, 5.41) is 0. The normalized spacial score (nSPS) is 18.0. The van der Waals surface area contributed by atoms with Crippen LogP contribution in [0, 0.1) is 0 Å². The van der Waals surface area contributed by atoms with Gasteiger partial charge in [0.1, 0.15) is 24.7 Å². The van der Waals surface area contributed by atoms with Crippen LogP contribution in [0.4, 0.5) is 10.5 Å². The van der Waals surface area contributed by atoms with Gasteiger partial charge in [-0.25, -0.2) is 4.79 Å². The smallest absolute Gasteiger partial charge is 0.410 e. The molecule has 0 aromatic heterocycles. The number of piperidine rings is 1. The van der Waals surface area contributed by atoms with Gasteiger partial charge in [0.05, 0.1) is 24.9 Å². The number of nitrogens with two attached hydrogens (primary N) is 1. The molecule has 2 unspecified atom stereocenters. The molecule has 0 aliphatic carbocycles. The van der Waals surface area contributed by atoms with Crippen molar-refractivity contribution < 1.29 is 33.3 Å². The summed E-state index contributed by atoms with van der Waals surface area (Å²) < 4.78 is 28.7. The van der Waals surface area contributed by atoms with Gasteiger partial charge in [0, 0.05) is 39.3 Å². The van der Waals surface area contributed by atoms with Crippen molar-refractivity contribution in [2.45, 2.75) is 38.1 Å². The topological polar surface area (TPSA) is 113 Å². The van der Waals surface area contributed by atoms with Crippen molar-refractivity contribution in [2.75, 3.05) is 58.0 Å². The Kier molecular flexibility index (Phi) is 11.1. The number of carbonyl (C=O) groups is 2. The van der Waals surface area contributed by atoms with Crippen LogP contribution in [-0.2, 0) is 32.2 Å². The number of hydrogen-bond donors (Lipinski definition) is 1. The Bertz CT molecular complexity index is 1370.